The summed E-state index contributed by atoms with van der Waals surface area (Å²) in [6.07, 6.45) is 7.04. The Kier molecular flexibility index (Phi) is 2.69. The number of nitrogens with zero attached hydrogens (tertiary/aromatic N) is 4. The maximum absolute atomic E-state index is 9.12. The molecule has 0 amide bonds. The molecule has 0 aromatic carbocycles. The van der Waals surface area contributed by atoms with Gasteiger partial charge in [-0.2, -0.15) is 0 Å². The number of ether oxygens (including phenoxy) is 1. The average Bonchev–Trinajstić information content (AvgIpc) is 2.84. The molecule has 2 aromatic rings. The third-order valence-corrected chi connectivity index (χ3v) is 2.90. The molecule has 18 heavy (non-hydrogen) atoms. The van der Waals surface area contributed by atoms with Crippen LogP contribution < -0.4 is 5.73 Å². The van der Waals surface area contributed by atoms with Crippen molar-refractivity contribution >= 4 is 17.0 Å². The standard InChI is InChI=1S/C11H13N5O2/c12-10-9-11(14-5-13-10)16(6-15-9)8-3-1-2-7(4-17)18-8/h1-2,5-8,17H,3-4H2,(H2,12,13,14)/t7-,8-/m0/s1. The number of aliphatic hydroxyl groups is 1. The molecule has 0 saturated heterocycles. The first-order chi connectivity index (χ1) is 8.79. The lowest BCUT2D eigenvalue weighted by atomic mass is 10.2. The maximum Gasteiger partial charge on any atom is 0.167 e. The van der Waals surface area contributed by atoms with Crippen molar-refractivity contribution in [3.8, 4) is 0 Å². The first-order valence-electron chi connectivity index (χ1n) is 5.65. The van der Waals surface area contributed by atoms with Gasteiger partial charge in [0, 0.05) is 6.42 Å². The number of hydrogen-bond donors (Lipinski definition) is 2. The van der Waals surface area contributed by atoms with E-state index in [1.165, 1.54) is 6.33 Å². The Morgan fingerprint density at radius 1 is 1.44 bits per heavy atom. The molecule has 1 aliphatic heterocycles. The summed E-state index contributed by atoms with van der Waals surface area (Å²) in [6.45, 7) is -0.0449. The summed E-state index contributed by atoms with van der Waals surface area (Å²) in [5, 5.41) is 9.12. The zero-order valence-corrected chi connectivity index (χ0v) is 9.60. The highest BCUT2D eigenvalue weighted by Gasteiger charge is 2.21. The number of aliphatic hydroxyl groups excluding tert-OH is 1. The summed E-state index contributed by atoms with van der Waals surface area (Å²) in [6, 6.07) is 0. The van der Waals surface area contributed by atoms with Gasteiger partial charge in [-0.1, -0.05) is 12.2 Å². The molecule has 0 radical (unpaired) electrons. The van der Waals surface area contributed by atoms with Gasteiger partial charge in [-0.15, -0.1) is 0 Å². The zero-order valence-electron chi connectivity index (χ0n) is 9.60. The van der Waals surface area contributed by atoms with E-state index in [9.17, 15) is 0 Å². The summed E-state index contributed by atoms with van der Waals surface area (Å²) < 4.78 is 7.52. The quantitative estimate of drug-likeness (QED) is 0.738. The van der Waals surface area contributed by atoms with Crippen LogP contribution >= 0.6 is 0 Å². The predicted molar refractivity (Wildman–Crippen MR) is 64.5 cm³/mol. The minimum Gasteiger partial charge on any atom is -0.393 e. The van der Waals surface area contributed by atoms with E-state index in [1.54, 1.807) is 10.9 Å². The van der Waals surface area contributed by atoms with Gasteiger partial charge >= 0.3 is 0 Å². The van der Waals surface area contributed by atoms with Gasteiger partial charge in [0.25, 0.3) is 0 Å². The molecule has 0 aliphatic carbocycles. The van der Waals surface area contributed by atoms with Crippen molar-refractivity contribution in [3.63, 3.8) is 0 Å². The molecule has 3 N–H and O–H groups in total. The number of aromatic nitrogens is 4. The summed E-state index contributed by atoms with van der Waals surface area (Å²) in [7, 11) is 0. The maximum atomic E-state index is 9.12. The van der Waals surface area contributed by atoms with Crippen molar-refractivity contribution in [3.05, 3.63) is 24.8 Å². The van der Waals surface area contributed by atoms with E-state index in [1.807, 2.05) is 12.2 Å². The van der Waals surface area contributed by atoms with Gasteiger partial charge in [-0.05, 0) is 0 Å². The fourth-order valence-corrected chi connectivity index (χ4v) is 2.01. The minimum absolute atomic E-state index is 0.0449. The molecule has 3 rings (SSSR count). The SMILES string of the molecule is Nc1ncnc2c1ncn2[C@@H]1CC=C[C@@H](CO)O1. The molecule has 7 heteroatoms. The molecule has 0 saturated carbocycles. The zero-order chi connectivity index (χ0) is 12.5. The minimum atomic E-state index is -0.291. The summed E-state index contributed by atoms with van der Waals surface area (Å²) >= 11 is 0. The Labute approximate surface area is 103 Å². The second-order valence-corrected chi connectivity index (χ2v) is 4.06. The number of fused-ring (bicyclic) bond motifs is 1. The van der Waals surface area contributed by atoms with Crippen LogP contribution in [0.1, 0.15) is 12.6 Å². The van der Waals surface area contributed by atoms with Crippen molar-refractivity contribution in [2.24, 2.45) is 0 Å². The number of anilines is 1. The highest BCUT2D eigenvalue weighted by molar-refractivity contribution is 5.81. The number of nitrogen functional groups attached to an aromatic ring is 1. The molecule has 0 unspecified atom stereocenters. The number of nitrogens with two attached hydrogens (primary N) is 1. The topological polar surface area (TPSA) is 99.1 Å². The van der Waals surface area contributed by atoms with E-state index < -0.39 is 0 Å². The van der Waals surface area contributed by atoms with E-state index in [2.05, 4.69) is 15.0 Å². The Morgan fingerprint density at radius 2 is 2.33 bits per heavy atom. The third-order valence-electron chi connectivity index (χ3n) is 2.90. The van der Waals surface area contributed by atoms with Gasteiger partial charge in [0.2, 0.25) is 0 Å². The van der Waals surface area contributed by atoms with Crippen LogP contribution in [0.4, 0.5) is 5.82 Å². The van der Waals surface area contributed by atoms with E-state index in [4.69, 9.17) is 15.6 Å². The Bertz CT molecular complexity index is 594. The Hall–Kier alpha value is -1.99. The van der Waals surface area contributed by atoms with E-state index in [-0.39, 0.29) is 18.9 Å². The van der Waals surface area contributed by atoms with Crippen LogP contribution in [0.2, 0.25) is 0 Å². The van der Waals surface area contributed by atoms with Crippen LogP contribution in [-0.4, -0.2) is 37.3 Å². The summed E-state index contributed by atoms with van der Waals surface area (Å²) in [4.78, 5) is 12.3. The molecular formula is C11H13N5O2. The largest absolute Gasteiger partial charge is 0.393 e. The molecule has 0 bridgehead atoms. The third kappa shape index (κ3) is 1.73. The average molecular weight is 247 g/mol. The smallest absolute Gasteiger partial charge is 0.167 e. The second-order valence-electron chi connectivity index (χ2n) is 4.06. The van der Waals surface area contributed by atoms with Crippen molar-refractivity contribution in [1.29, 1.82) is 0 Å². The molecule has 94 valence electrons. The lowest BCUT2D eigenvalue weighted by Gasteiger charge is -2.25. The fourth-order valence-electron chi connectivity index (χ4n) is 2.01. The summed E-state index contributed by atoms with van der Waals surface area (Å²) in [5.41, 5.74) is 6.94. The lowest BCUT2D eigenvalue weighted by molar-refractivity contribution is -0.0568. The molecule has 0 spiro atoms. The van der Waals surface area contributed by atoms with Crippen LogP contribution in [0, 0.1) is 0 Å². The van der Waals surface area contributed by atoms with Gasteiger partial charge in [0.05, 0.1) is 12.9 Å². The van der Waals surface area contributed by atoms with Crippen LogP contribution in [-0.2, 0) is 4.74 Å². The van der Waals surface area contributed by atoms with Crippen molar-refractivity contribution in [2.75, 3.05) is 12.3 Å². The van der Waals surface area contributed by atoms with Crippen molar-refractivity contribution < 1.29 is 9.84 Å². The van der Waals surface area contributed by atoms with Gasteiger partial charge in [-0.3, -0.25) is 4.57 Å². The summed E-state index contributed by atoms with van der Waals surface area (Å²) in [5.74, 6) is 0.351. The van der Waals surface area contributed by atoms with Gasteiger partial charge in [0.1, 0.15) is 24.2 Å². The molecule has 2 aromatic heterocycles. The first-order valence-corrected chi connectivity index (χ1v) is 5.65. The molecular weight excluding hydrogens is 234 g/mol. The Morgan fingerprint density at radius 3 is 3.17 bits per heavy atom. The monoisotopic (exact) mass is 247 g/mol. The van der Waals surface area contributed by atoms with Gasteiger partial charge in [-0.25, -0.2) is 15.0 Å². The predicted octanol–water partition coefficient (Wildman–Crippen LogP) is 0.244. The number of imidazole rings is 1. The molecule has 3 heterocycles. The molecule has 2 atom stereocenters. The molecule has 7 nitrogen and oxygen atoms in total. The van der Waals surface area contributed by atoms with Crippen molar-refractivity contribution in [1.82, 2.24) is 19.5 Å². The van der Waals surface area contributed by atoms with E-state index >= 15 is 0 Å². The highest BCUT2D eigenvalue weighted by atomic mass is 16.5. The van der Waals surface area contributed by atoms with E-state index in [0.29, 0.717) is 23.4 Å². The lowest BCUT2D eigenvalue weighted by Crippen LogP contribution is -2.25. The number of rotatable bonds is 2. The van der Waals surface area contributed by atoms with Crippen LogP contribution in [0.25, 0.3) is 11.2 Å². The fraction of sp³-hybridized carbons (Fsp3) is 0.364. The highest BCUT2D eigenvalue weighted by Crippen LogP contribution is 2.25. The van der Waals surface area contributed by atoms with Crippen LogP contribution in [0.15, 0.2) is 24.8 Å². The molecule has 0 fully saturated rings. The van der Waals surface area contributed by atoms with E-state index in [0.717, 1.165) is 0 Å². The van der Waals surface area contributed by atoms with Crippen LogP contribution in [0.5, 0.6) is 0 Å². The number of hydrogen-bond acceptors (Lipinski definition) is 6. The van der Waals surface area contributed by atoms with Crippen molar-refractivity contribution in [2.45, 2.75) is 18.8 Å². The second kappa shape index (κ2) is 4.35. The van der Waals surface area contributed by atoms with Gasteiger partial charge < -0.3 is 15.6 Å². The Balaban J connectivity index is 2.00. The molecule has 1 aliphatic rings. The first kappa shape index (κ1) is 11.1. The van der Waals surface area contributed by atoms with Crippen LogP contribution in [0.3, 0.4) is 0 Å². The normalized spacial score (nSPS) is 23.6. The van der Waals surface area contributed by atoms with Gasteiger partial charge in [0.15, 0.2) is 11.5 Å².